The molecule has 0 amide bonds. The average Bonchev–Trinajstić information content (AvgIpc) is 1.63. The van der Waals surface area contributed by atoms with Crippen LogP contribution >= 0.6 is 0 Å². The van der Waals surface area contributed by atoms with Crippen molar-refractivity contribution in [3.63, 3.8) is 0 Å². The maximum atomic E-state index is 10.2. The van der Waals surface area contributed by atoms with E-state index < -0.39 is 5.97 Å². The van der Waals surface area contributed by atoms with Crippen LogP contribution in [0.2, 0.25) is 0 Å². The van der Waals surface area contributed by atoms with Crippen molar-refractivity contribution in [3.8, 4) is 0 Å². The number of carboxylic acid groups (broad SMARTS) is 1. The number of aliphatic carboxylic acids is 1. The van der Waals surface area contributed by atoms with Crippen LogP contribution in [0.4, 0.5) is 0 Å². The van der Waals surface area contributed by atoms with Crippen LogP contribution in [0.3, 0.4) is 0 Å². The molecule has 0 aromatic heterocycles. The van der Waals surface area contributed by atoms with Gasteiger partial charge in [0.2, 0.25) is 0 Å². The Morgan fingerprint density at radius 3 is 1.50 bits per heavy atom. The van der Waals surface area contributed by atoms with Crippen LogP contribution in [0, 0.1) is 5.92 Å². The number of carbonyl (C=O) groups excluding carboxylic acids is 1. The van der Waals surface area contributed by atoms with Gasteiger partial charge < -0.3 is 5.11 Å². The van der Waals surface area contributed by atoms with Crippen molar-refractivity contribution in [1.82, 2.24) is 0 Å². The van der Waals surface area contributed by atoms with E-state index >= 15 is 0 Å². The van der Waals surface area contributed by atoms with Crippen molar-refractivity contribution in [2.24, 2.45) is 5.92 Å². The second kappa shape index (κ2) is 7.25. The van der Waals surface area contributed by atoms with Gasteiger partial charge in [0.05, 0.1) is 0 Å². The molecule has 54 valence electrons. The van der Waals surface area contributed by atoms with Crippen molar-refractivity contribution in [2.45, 2.75) is 20.8 Å². The zero-order valence-electron chi connectivity index (χ0n) is 6.84. The zero-order valence-corrected chi connectivity index (χ0v) is 8.84. The Bertz CT molecular complexity index is 116. The molecule has 0 fully saturated rings. The Hall–Kier alpha value is 0.140. The second-order valence-electron chi connectivity index (χ2n) is 2.28. The van der Waals surface area contributed by atoms with Gasteiger partial charge in [-0.25, -0.2) is 0 Å². The van der Waals surface area contributed by atoms with Crippen LogP contribution in [-0.2, 0) is 9.59 Å². The summed E-state index contributed by atoms with van der Waals surface area (Å²) in [5.74, 6) is -0.559. The molecule has 0 bridgehead atoms. The Morgan fingerprint density at radius 2 is 1.50 bits per heavy atom. The topological polar surface area (TPSA) is 54.4 Å². The van der Waals surface area contributed by atoms with Crippen LogP contribution in [0.15, 0.2) is 0 Å². The van der Waals surface area contributed by atoms with Gasteiger partial charge >= 0.3 is 55.5 Å². The van der Waals surface area contributed by atoms with Crippen molar-refractivity contribution in [3.05, 3.63) is 0 Å². The van der Waals surface area contributed by atoms with Gasteiger partial charge in [-0.05, 0) is 0 Å². The monoisotopic (exact) mass is 154 g/mol. The third-order valence-electron chi connectivity index (χ3n) is 0.813. The molecule has 0 rings (SSSR count). The van der Waals surface area contributed by atoms with Gasteiger partial charge in [0.15, 0.2) is 0 Å². The molecular formula is C6H11NaO3. The average molecular weight is 154 g/mol. The SMILES string of the molecule is CC(=O)O.CC(C)[C](=O)[Na]. The fourth-order valence-electron chi connectivity index (χ4n) is 0. The van der Waals surface area contributed by atoms with E-state index in [0.717, 1.165) is 6.92 Å². The molecule has 0 aromatic carbocycles. The minimum atomic E-state index is -0.833. The number of carbonyl (C=O) groups is 2. The summed E-state index contributed by atoms with van der Waals surface area (Å²) in [7, 11) is 0. The van der Waals surface area contributed by atoms with Gasteiger partial charge in [-0.2, -0.15) is 0 Å². The zero-order chi connectivity index (χ0) is 8.73. The Balaban J connectivity index is 0. The van der Waals surface area contributed by atoms with E-state index in [2.05, 4.69) is 0 Å². The van der Waals surface area contributed by atoms with Crippen LogP contribution in [0.25, 0.3) is 0 Å². The summed E-state index contributed by atoms with van der Waals surface area (Å²) >= 11 is 0.715. The van der Waals surface area contributed by atoms with E-state index in [1.807, 2.05) is 13.8 Å². The van der Waals surface area contributed by atoms with E-state index in [1.54, 1.807) is 0 Å². The normalized spacial score (nSPS) is 8.20. The Morgan fingerprint density at radius 1 is 1.40 bits per heavy atom. The Kier molecular flexibility index (Phi) is 9.27. The first-order valence-electron chi connectivity index (χ1n) is 3.08. The fourth-order valence-corrected chi connectivity index (χ4v) is 0. The van der Waals surface area contributed by atoms with Gasteiger partial charge in [0.1, 0.15) is 0 Å². The summed E-state index contributed by atoms with van der Waals surface area (Å²) < 4.78 is 0.398. The molecule has 10 heavy (non-hydrogen) atoms. The van der Waals surface area contributed by atoms with E-state index in [4.69, 9.17) is 9.90 Å². The van der Waals surface area contributed by atoms with Crippen molar-refractivity contribution in [1.29, 1.82) is 0 Å². The molecule has 0 spiro atoms. The molecular weight excluding hydrogens is 143 g/mol. The van der Waals surface area contributed by atoms with Crippen LogP contribution in [0.5, 0.6) is 0 Å². The van der Waals surface area contributed by atoms with Gasteiger partial charge in [-0.3, -0.25) is 4.79 Å². The summed E-state index contributed by atoms with van der Waals surface area (Å²) in [6.45, 7) is 4.94. The number of carboxylic acids is 1. The molecule has 0 saturated carbocycles. The molecule has 0 atom stereocenters. The summed E-state index contributed by atoms with van der Waals surface area (Å²) in [6, 6.07) is 0. The number of hydrogen-bond donors (Lipinski definition) is 1. The van der Waals surface area contributed by atoms with Crippen molar-refractivity contribution >= 4 is 36.9 Å². The van der Waals surface area contributed by atoms with Gasteiger partial charge in [-0.15, -0.1) is 0 Å². The summed E-state index contributed by atoms with van der Waals surface area (Å²) in [5, 5.41) is 7.42. The summed E-state index contributed by atoms with van der Waals surface area (Å²) in [6.07, 6.45) is 0. The molecule has 0 aliphatic heterocycles. The molecule has 0 aliphatic carbocycles. The molecule has 0 radical (unpaired) electrons. The van der Waals surface area contributed by atoms with E-state index in [9.17, 15) is 4.79 Å². The van der Waals surface area contributed by atoms with Gasteiger partial charge in [0, 0.05) is 6.92 Å². The first kappa shape index (κ1) is 12.8. The first-order chi connectivity index (χ1) is 4.37. The molecule has 1 N–H and O–H groups in total. The molecule has 0 aromatic rings. The van der Waals surface area contributed by atoms with Crippen LogP contribution in [-0.4, -0.2) is 42.0 Å². The predicted octanol–water partition coefficient (Wildman–Crippen LogP) is 0.428. The molecule has 4 heteroatoms. The molecule has 0 heterocycles. The quantitative estimate of drug-likeness (QED) is 0.557. The third-order valence-corrected chi connectivity index (χ3v) is 1.97. The first-order valence-corrected chi connectivity index (χ1v) is 4.08. The number of rotatable bonds is 1. The van der Waals surface area contributed by atoms with Crippen LogP contribution < -0.4 is 0 Å². The van der Waals surface area contributed by atoms with E-state index in [0.29, 0.717) is 31.0 Å². The van der Waals surface area contributed by atoms with E-state index in [-0.39, 0.29) is 5.92 Å². The van der Waals surface area contributed by atoms with Crippen LogP contribution in [0.1, 0.15) is 20.8 Å². The Labute approximate surface area is 78.2 Å². The maximum absolute atomic E-state index is 10.2. The standard InChI is InChI=1S/C4H7O.C2H4O2.Na/c1-4(2)3-5;1-2(3)4;/h4H,1-2H3;1H3,(H,3,4);. The molecule has 0 aliphatic rings. The molecule has 3 nitrogen and oxygen atoms in total. The summed E-state index contributed by atoms with van der Waals surface area (Å²) in [4.78, 5) is 19.2. The van der Waals surface area contributed by atoms with Crippen molar-refractivity contribution < 1.29 is 14.7 Å². The third kappa shape index (κ3) is 24.2. The molecule has 0 saturated heterocycles. The predicted molar refractivity (Wildman–Crippen MR) is 38.9 cm³/mol. The number of hydrogen-bond acceptors (Lipinski definition) is 2. The van der Waals surface area contributed by atoms with E-state index in [1.165, 1.54) is 0 Å². The summed E-state index contributed by atoms with van der Waals surface area (Å²) in [5.41, 5.74) is 0. The molecule has 0 unspecified atom stereocenters. The second-order valence-corrected chi connectivity index (χ2v) is 3.27. The fraction of sp³-hybridized carbons (Fsp3) is 0.667. The minimum absolute atomic E-state index is 0.275. The van der Waals surface area contributed by atoms with Gasteiger partial charge in [0.25, 0.3) is 5.97 Å². The van der Waals surface area contributed by atoms with Crippen molar-refractivity contribution in [2.75, 3.05) is 0 Å². The van der Waals surface area contributed by atoms with Gasteiger partial charge in [-0.1, -0.05) is 0 Å².